The number of carbonyl (C=O) groups is 2. The second kappa shape index (κ2) is 5.08. The van der Waals surface area contributed by atoms with Gasteiger partial charge in [-0.1, -0.05) is 19.4 Å². The van der Waals surface area contributed by atoms with Crippen molar-refractivity contribution in [3.05, 3.63) is 22.8 Å². The van der Waals surface area contributed by atoms with E-state index in [0.29, 0.717) is 36.4 Å². The Morgan fingerprint density at radius 3 is 2.68 bits per heavy atom. The number of esters is 1. The van der Waals surface area contributed by atoms with Gasteiger partial charge in [0.05, 0.1) is 0 Å². The van der Waals surface area contributed by atoms with Crippen molar-refractivity contribution in [2.75, 3.05) is 0 Å². The highest BCUT2D eigenvalue weighted by Gasteiger charge is 2.65. The van der Waals surface area contributed by atoms with Crippen LogP contribution in [-0.4, -0.2) is 17.4 Å². The molecule has 1 aliphatic heterocycles. The molecule has 0 radical (unpaired) electrons. The summed E-state index contributed by atoms with van der Waals surface area (Å²) >= 11 is 0. The third-order valence-corrected chi connectivity index (χ3v) is 8.32. The zero-order valence-electron chi connectivity index (χ0n) is 15.4. The first-order valence-corrected chi connectivity index (χ1v) is 10.1. The first-order valence-electron chi connectivity index (χ1n) is 10.1. The van der Waals surface area contributed by atoms with Gasteiger partial charge in [-0.15, -0.1) is 0 Å². The van der Waals surface area contributed by atoms with E-state index in [1.54, 1.807) is 5.57 Å². The molecule has 1 spiro atoms. The van der Waals surface area contributed by atoms with Gasteiger partial charge in [-0.05, 0) is 79.9 Å². The maximum absolute atomic E-state index is 11.9. The minimum absolute atomic E-state index is 0.0123. The average molecular weight is 340 g/mol. The van der Waals surface area contributed by atoms with Crippen molar-refractivity contribution in [1.29, 1.82) is 0 Å². The Labute approximate surface area is 149 Å². The van der Waals surface area contributed by atoms with Crippen molar-refractivity contribution in [3.63, 3.8) is 0 Å². The molecule has 3 nitrogen and oxygen atoms in total. The Kier molecular flexibility index (Phi) is 3.22. The van der Waals surface area contributed by atoms with Gasteiger partial charge in [0.25, 0.3) is 0 Å². The minimum atomic E-state index is -0.197. The molecular weight excluding hydrogens is 312 g/mol. The lowest BCUT2D eigenvalue weighted by Crippen LogP contribution is -2.51. The molecule has 2 saturated carbocycles. The number of rotatable bonds is 0. The molecule has 1 heterocycles. The van der Waals surface area contributed by atoms with Gasteiger partial charge in [0.15, 0.2) is 5.78 Å². The number of ketones is 1. The zero-order valence-corrected chi connectivity index (χ0v) is 15.4. The molecule has 0 unspecified atom stereocenters. The molecule has 5 aliphatic rings. The van der Waals surface area contributed by atoms with E-state index in [0.717, 1.165) is 32.1 Å². The molecule has 4 aliphatic carbocycles. The van der Waals surface area contributed by atoms with E-state index in [2.05, 4.69) is 13.8 Å². The lowest BCUT2D eigenvalue weighted by Gasteiger charge is -2.54. The largest absolute Gasteiger partial charge is 0.458 e. The van der Waals surface area contributed by atoms with Crippen LogP contribution in [-0.2, 0) is 14.3 Å². The summed E-state index contributed by atoms with van der Waals surface area (Å²) in [6.45, 7) is 4.79. The van der Waals surface area contributed by atoms with Crippen LogP contribution in [0.5, 0.6) is 0 Å². The van der Waals surface area contributed by atoms with Crippen LogP contribution >= 0.6 is 0 Å². The van der Waals surface area contributed by atoms with Gasteiger partial charge in [-0.25, -0.2) is 0 Å². The molecule has 0 aromatic carbocycles. The van der Waals surface area contributed by atoms with Gasteiger partial charge in [0.1, 0.15) is 5.60 Å². The quantitative estimate of drug-likeness (QED) is 0.609. The Bertz CT molecular complexity index is 730. The molecule has 0 aromatic heterocycles. The number of allylic oxidation sites excluding steroid dienone is 4. The summed E-state index contributed by atoms with van der Waals surface area (Å²) in [5.74, 6) is 2.12. The smallest absolute Gasteiger partial charge is 0.306 e. The molecule has 0 amide bonds. The number of hydrogen-bond donors (Lipinski definition) is 0. The Balaban J connectivity index is 1.58. The summed E-state index contributed by atoms with van der Waals surface area (Å²) < 4.78 is 6.02. The summed E-state index contributed by atoms with van der Waals surface area (Å²) in [6.07, 6.45) is 10.7. The van der Waals surface area contributed by atoms with Crippen LogP contribution in [0.25, 0.3) is 0 Å². The summed E-state index contributed by atoms with van der Waals surface area (Å²) in [5.41, 5.74) is 4.44. The number of carbonyl (C=O) groups excluding carboxylic acids is 2. The standard InChI is InChI=1S/C22H28O3/c1-13-12-21(2)18(7-9-22(21)10-8-19(24)25-22)17-5-3-14-11-15(23)4-6-16(14)20(13)17/h11,13,17-18H,3-10,12H2,1-2H3/t13-,17-,18-,21-,22+/m0/s1. The fraction of sp³-hybridized carbons (Fsp3) is 0.727. The Morgan fingerprint density at radius 1 is 1.08 bits per heavy atom. The molecule has 134 valence electrons. The first-order chi connectivity index (χ1) is 11.9. The van der Waals surface area contributed by atoms with Crippen LogP contribution in [0.1, 0.15) is 71.6 Å². The van der Waals surface area contributed by atoms with Gasteiger partial charge >= 0.3 is 5.97 Å². The third-order valence-electron chi connectivity index (χ3n) is 8.32. The monoisotopic (exact) mass is 340 g/mol. The molecule has 5 atom stereocenters. The topological polar surface area (TPSA) is 43.4 Å². The van der Waals surface area contributed by atoms with E-state index < -0.39 is 0 Å². The summed E-state index contributed by atoms with van der Waals surface area (Å²) in [5, 5.41) is 0. The molecule has 5 rings (SSSR count). The normalized spacial score (nSPS) is 45.8. The van der Waals surface area contributed by atoms with E-state index in [9.17, 15) is 9.59 Å². The van der Waals surface area contributed by atoms with Gasteiger partial charge < -0.3 is 4.74 Å². The predicted molar refractivity (Wildman–Crippen MR) is 94.7 cm³/mol. The van der Waals surface area contributed by atoms with E-state index in [-0.39, 0.29) is 17.0 Å². The number of fused-ring (bicyclic) bond motifs is 5. The van der Waals surface area contributed by atoms with Gasteiger partial charge in [0.2, 0.25) is 0 Å². The second-order valence-electron chi connectivity index (χ2n) is 9.35. The van der Waals surface area contributed by atoms with E-state index >= 15 is 0 Å². The maximum Gasteiger partial charge on any atom is 0.306 e. The van der Waals surface area contributed by atoms with Crippen LogP contribution in [0.2, 0.25) is 0 Å². The maximum atomic E-state index is 11.9. The molecule has 3 fully saturated rings. The highest BCUT2D eigenvalue weighted by Crippen LogP contribution is 2.67. The predicted octanol–water partition coefficient (Wildman–Crippen LogP) is 4.51. The van der Waals surface area contributed by atoms with E-state index in [1.807, 2.05) is 6.08 Å². The Morgan fingerprint density at radius 2 is 1.92 bits per heavy atom. The minimum Gasteiger partial charge on any atom is -0.458 e. The Hall–Kier alpha value is -1.38. The van der Waals surface area contributed by atoms with Crippen LogP contribution in [0.15, 0.2) is 22.8 Å². The highest BCUT2D eigenvalue weighted by molar-refractivity contribution is 5.93. The van der Waals surface area contributed by atoms with Crippen LogP contribution in [0, 0.1) is 23.2 Å². The first kappa shape index (κ1) is 15.8. The highest BCUT2D eigenvalue weighted by atomic mass is 16.6. The van der Waals surface area contributed by atoms with Crippen molar-refractivity contribution >= 4 is 11.8 Å². The fourth-order valence-electron chi connectivity index (χ4n) is 7.35. The van der Waals surface area contributed by atoms with Crippen molar-refractivity contribution in [2.45, 2.75) is 77.2 Å². The van der Waals surface area contributed by atoms with Crippen molar-refractivity contribution in [2.24, 2.45) is 23.2 Å². The number of hydrogen-bond acceptors (Lipinski definition) is 3. The fourth-order valence-corrected chi connectivity index (χ4v) is 7.35. The lowest BCUT2D eigenvalue weighted by molar-refractivity contribution is -0.163. The molecule has 3 heteroatoms. The number of ether oxygens (including phenoxy) is 1. The molecule has 1 saturated heterocycles. The zero-order chi connectivity index (χ0) is 17.4. The van der Waals surface area contributed by atoms with Gasteiger partial charge in [-0.2, -0.15) is 0 Å². The van der Waals surface area contributed by atoms with E-state index in [4.69, 9.17) is 4.74 Å². The van der Waals surface area contributed by atoms with Crippen molar-refractivity contribution in [3.8, 4) is 0 Å². The molecule has 0 N–H and O–H groups in total. The van der Waals surface area contributed by atoms with Crippen LogP contribution in [0.3, 0.4) is 0 Å². The van der Waals surface area contributed by atoms with E-state index in [1.165, 1.54) is 24.0 Å². The summed E-state index contributed by atoms with van der Waals surface area (Å²) in [6, 6.07) is 0. The van der Waals surface area contributed by atoms with Gasteiger partial charge in [-0.3, -0.25) is 9.59 Å². The van der Waals surface area contributed by atoms with Crippen LogP contribution < -0.4 is 0 Å². The SMILES string of the molecule is C[C@H]1C[C@@]2(C)[C@@H](CC[C@@]23CCC(=O)O3)[C@@H]2CCC3=CC(=O)CCC3=C21. The lowest BCUT2D eigenvalue weighted by atomic mass is 9.52. The van der Waals surface area contributed by atoms with Crippen molar-refractivity contribution < 1.29 is 14.3 Å². The van der Waals surface area contributed by atoms with Crippen molar-refractivity contribution in [1.82, 2.24) is 0 Å². The molecule has 0 aromatic rings. The third kappa shape index (κ3) is 1.98. The average Bonchev–Trinajstić information content (AvgIpc) is 3.08. The summed E-state index contributed by atoms with van der Waals surface area (Å²) in [4.78, 5) is 23.8. The second-order valence-corrected chi connectivity index (χ2v) is 9.35. The van der Waals surface area contributed by atoms with Crippen LogP contribution in [0.4, 0.5) is 0 Å². The molecule has 25 heavy (non-hydrogen) atoms. The summed E-state index contributed by atoms with van der Waals surface area (Å²) in [7, 11) is 0. The molecular formula is C22H28O3. The van der Waals surface area contributed by atoms with Gasteiger partial charge in [0, 0.05) is 18.3 Å². The molecule has 0 bridgehead atoms.